The summed E-state index contributed by atoms with van der Waals surface area (Å²) < 4.78 is 84.0. The van der Waals surface area contributed by atoms with Crippen molar-refractivity contribution in [2.75, 3.05) is 13.2 Å². The third-order valence-corrected chi connectivity index (χ3v) is 11.0. The molecule has 2 fully saturated rings. The normalized spacial score (nSPS) is 21.3. The molecule has 29 heteroatoms. The Bertz CT molecular complexity index is 3010. The monoisotopic (exact) mass is 1170 g/mol. The number of aromatic hydroxyl groups is 1. The van der Waals surface area contributed by atoms with E-state index in [1.54, 1.807) is 26.0 Å². The number of carbonyl (C=O) groups is 8. The van der Waals surface area contributed by atoms with E-state index in [1.807, 2.05) is 0 Å². The van der Waals surface area contributed by atoms with Gasteiger partial charge in [0.25, 0.3) is 0 Å². The number of phenolic OH excluding ortho intramolecular Hbond substituents is 1. The smallest absolute Gasteiger partial charge is 0.311 e. The molecule has 10 unspecified atom stereocenters. The van der Waals surface area contributed by atoms with Crippen molar-refractivity contribution < 1.29 is 119 Å². The number of esters is 8. The summed E-state index contributed by atoms with van der Waals surface area (Å²) in [7, 11) is 0. The van der Waals surface area contributed by atoms with E-state index in [-0.39, 0.29) is 41.0 Å². The molecule has 0 amide bonds. The fourth-order valence-corrected chi connectivity index (χ4v) is 7.82. The molecule has 448 valence electrons. The van der Waals surface area contributed by atoms with Gasteiger partial charge in [-0.15, -0.1) is 0 Å². The average Bonchev–Trinajstić information content (AvgIpc) is 2.59. The predicted octanol–water partition coefficient (Wildman–Crippen LogP) is 6.05. The molecule has 0 spiro atoms. The van der Waals surface area contributed by atoms with Gasteiger partial charge in [0, 0.05) is 67.5 Å². The molecule has 28 nitrogen and oxygen atoms in total. The van der Waals surface area contributed by atoms with Crippen LogP contribution in [-0.2, 0) is 85.7 Å². The highest BCUT2D eigenvalue weighted by molar-refractivity contribution is 5.70. The van der Waals surface area contributed by atoms with Crippen molar-refractivity contribution >= 4 is 59.1 Å². The molecular weight excluding hydrogens is 1110 g/mol. The molecule has 0 bridgehead atoms. The van der Waals surface area contributed by atoms with Crippen LogP contribution in [0.15, 0.2) is 84.9 Å². The van der Waals surface area contributed by atoms with Crippen molar-refractivity contribution in [3.63, 3.8) is 0 Å². The molecule has 4 aromatic rings. The number of carbonyl (C=O) groups excluding carboxylic acids is 8. The van der Waals surface area contributed by atoms with Crippen molar-refractivity contribution in [2.45, 2.75) is 131 Å². The Morgan fingerprint density at radius 2 is 0.855 bits per heavy atom. The van der Waals surface area contributed by atoms with Crippen molar-refractivity contribution in [1.82, 2.24) is 0 Å². The van der Waals surface area contributed by atoms with Gasteiger partial charge in [0.2, 0.25) is 36.4 Å². The SMILES string of the molecule is CC(=O)OCC1OC(Oc2ccc(O)cc2C)C(OC(C)=O)C(OC(C)=O)C1OC(C)=O.CC(=O)OCC1OC(Oc2ccc(Oc3ccccc3[N+](=O)[O-])cc2C)C(OC(C)=O)C(OC(C)=O)C1OC(C)=O.O=[N+]([O-])c1ccccc1F. The zero-order chi connectivity index (χ0) is 61.8. The first-order valence-corrected chi connectivity index (χ1v) is 24.7. The number of aryl methyl sites for hydroxylation is 2. The lowest BCUT2D eigenvalue weighted by molar-refractivity contribution is -0.387. The predicted molar refractivity (Wildman–Crippen MR) is 275 cm³/mol. The number of nitro groups is 2. The highest BCUT2D eigenvalue weighted by atomic mass is 19.1. The molecule has 0 radical (unpaired) electrons. The summed E-state index contributed by atoms with van der Waals surface area (Å²) in [4.78, 5) is 114. The second-order valence-electron chi connectivity index (χ2n) is 17.8. The number of phenols is 1. The van der Waals surface area contributed by atoms with Crippen molar-refractivity contribution in [2.24, 2.45) is 0 Å². The van der Waals surface area contributed by atoms with Crippen LogP contribution in [0.1, 0.15) is 66.5 Å². The van der Waals surface area contributed by atoms with Crippen LogP contribution >= 0.6 is 0 Å². The zero-order valence-electron chi connectivity index (χ0n) is 46.2. The molecule has 0 aliphatic carbocycles. The minimum Gasteiger partial charge on any atom is -0.508 e. The van der Waals surface area contributed by atoms with Gasteiger partial charge in [-0.3, -0.25) is 58.6 Å². The second kappa shape index (κ2) is 30.9. The summed E-state index contributed by atoms with van der Waals surface area (Å²) in [5.74, 6) is -5.74. The average molecular weight is 1170 g/mol. The lowest BCUT2D eigenvalue weighted by Crippen LogP contribution is -2.63. The van der Waals surface area contributed by atoms with E-state index in [9.17, 15) is 68.1 Å². The number of halogens is 1. The standard InChI is InChI=1S/C27H29NO13.C21H26O11.C6H4FNO2/c1-14-12-19(39-22-9-7-6-8-20(22)28(33)34)10-11-21(14)40-27-26(38-18(5)32)25(37-17(4)31)24(36-16(3)30)23(41-27)13-35-15(2)29;1-10-8-15(26)6-7-16(10)31-21-20(30-14(5)25)19(29-13(4)24)18(28-12(3)23)17(32-21)9-27-11(2)22;7-5-3-1-2-4-6(5)8(9)10/h6-12,23-27H,13H2,1-5H3;6-8,17-21,26H,9H2,1-5H3;1-4H. The molecule has 2 heterocycles. The van der Waals surface area contributed by atoms with Gasteiger partial charge in [-0.2, -0.15) is 4.39 Å². The first-order valence-electron chi connectivity index (χ1n) is 24.7. The van der Waals surface area contributed by atoms with E-state index >= 15 is 0 Å². The number of nitrogens with zero attached hydrogens (tertiary/aromatic N) is 2. The summed E-state index contributed by atoms with van der Waals surface area (Å²) in [6.45, 7) is 11.7. The quantitative estimate of drug-likeness (QED) is 0.0512. The fraction of sp³-hybridized carbons (Fsp3) is 0.407. The first-order chi connectivity index (χ1) is 39.0. The van der Waals surface area contributed by atoms with Gasteiger partial charge in [0.1, 0.15) is 48.4 Å². The molecule has 10 atom stereocenters. The van der Waals surface area contributed by atoms with Crippen LogP contribution in [-0.4, -0.2) is 137 Å². The van der Waals surface area contributed by atoms with Gasteiger partial charge in [-0.05, 0) is 73.5 Å². The molecular formula is C54H59FN2O26. The Kier molecular flexibility index (Phi) is 24.6. The third-order valence-electron chi connectivity index (χ3n) is 11.0. The third kappa shape index (κ3) is 20.5. The van der Waals surface area contributed by atoms with E-state index in [1.165, 1.54) is 74.5 Å². The fourth-order valence-electron chi connectivity index (χ4n) is 7.82. The molecule has 2 aliphatic heterocycles. The summed E-state index contributed by atoms with van der Waals surface area (Å²) >= 11 is 0. The van der Waals surface area contributed by atoms with Crippen LogP contribution in [0.3, 0.4) is 0 Å². The van der Waals surface area contributed by atoms with Gasteiger partial charge in [-0.1, -0.05) is 24.3 Å². The minimum absolute atomic E-state index is 0.0106. The van der Waals surface area contributed by atoms with Crippen molar-refractivity contribution in [3.05, 3.63) is 122 Å². The molecule has 4 aromatic carbocycles. The van der Waals surface area contributed by atoms with Gasteiger partial charge in [-0.25, -0.2) is 0 Å². The van der Waals surface area contributed by atoms with Crippen molar-refractivity contribution in [3.8, 4) is 28.7 Å². The van der Waals surface area contributed by atoms with E-state index in [0.717, 1.165) is 53.7 Å². The molecule has 2 saturated heterocycles. The Labute approximate surface area is 472 Å². The molecule has 0 aromatic heterocycles. The zero-order valence-corrected chi connectivity index (χ0v) is 46.2. The van der Waals surface area contributed by atoms with Gasteiger partial charge >= 0.3 is 59.1 Å². The van der Waals surface area contributed by atoms with E-state index in [2.05, 4.69) is 0 Å². The Morgan fingerprint density at radius 1 is 0.482 bits per heavy atom. The van der Waals surface area contributed by atoms with E-state index < -0.39 is 137 Å². The lowest BCUT2D eigenvalue weighted by atomic mass is 9.98. The number of nitro benzene ring substituents is 2. The van der Waals surface area contributed by atoms with Crippen LogP contribution < -0.4 is 14.2 Å². The van der Waals surface area contributed by atoms with E-state index in [4.69, 9.17) is 61.6 Å². The van der Waals surface area contributed by atoms with Crippen LogP contribution in [0.25, 0.3) is 0 Å². The van der Waals surface area contributed by atoms with Gasteiger partial charge < -0.3 is 66.7 Å². The molecule has 83 heavy (non-hydrogen) atoms. The number of ether oxygens (including phenoxy) is 13. The Hall–Kier alpha value is -9.51. The highest BCUT2D eigenvalue weighted by Crippen LogP contribution is 2.37. The van der Waals surface area contributed by atoms with E-state index in [0.29, 0.717) is 11.1 Å². The van der Waals surface area contributed by atoms with Crippen LogP contribution in [0.2, 0.25) is 0 Å². The summed E-state index contributed by atoms with van der Waals surface area (Å²) in [6, 6.07) is 19.7. The maximum absolute atomic E-state index is 12.4. The Balaban J connectivity index is 0.000000311. The number of para-hydroxylation sites is 3. The lowest BCUT2D eigenvalue weighted by Gasteiger charge is -2.44. The Morgan fingerprint density at radius 3 is 1.23 bits per heavy atom. The number of hydrogen-bond acceptors (Lipinski definition) is 26. The summed E-state index contributed by atoms with van der Waals surface area (Å²) in [6.07, 6.45) is -13.1. The van der Waals surface area contributed by atoms with Crippen LogP contribution in [0.5, 0.6) is 28.7 Å². The highest BCUT2D eigenvalue weighted by Gasteiger charge is 2.55. The topological polar surface area (TPSA) is 363 Å². The van der Waals surface area contributed by atoms with Gasteiger partial charge in [0.15, 0.2) is 24.4 Å². The largest absolute Gasteiger partial charge is 0.508 e. The maximum Gasteiger partial charge on any atom is 0.311 e. The minimum atomic E-state index is -1.42. The number of benzene rings is 4. The molecule has 2 aliphatic rings. The summed E-state index contributed by atoms with van der Waals surface area (Å²) in [5, 5.41) is 30.9. The second-order valence-corrected chi connectivity index (χ2v) is 17.8. The molecule has 1 N–H and O–H groups in total. The van der Waals surface area contributed by atoms with Crippen molar-refractivity contribution in [1.29, 1.82) is 0 Å². The molecule has 0 saturated carbocycles. The number of hydrogen-bond donors (Lipinski definition) is 1. The molecule has 6 rings (SSSR count). The van der Waals surface area contributed by atoms with Gasteiger partial charge in [0.05, 0.1) is 9.85 Å². The number of rotatable bonds is 18. The van der Waals surface area contributed by atoms with Crippen LogP contribution in [0, 0.1) is 39.9 Å². The maximum atomic E-state index is 12.4. The van der Waals surface area contributed by atoms with Crippen LogP contribution in [0.4, 0.5) is 15.8 Å². The summed E-state index contributed by atoms with van der Waals surface area (Å²) in [5.41, 5.74) is 0.331. The first kappa shape index (κ1) is 66.0.